The van der Waals surface area contributed by atoms with Gasteiger partial charge in [-0.25, -0.2) is 0 Å². The van der Waals surface area contributed by atoms with Crippen LogP contribution in [-0.2, 0) is 0 Å². The van der Waals surface area contributed by atoms with E-state index in [1.54, 1.807) is 11.1 Å². The molecular formula is C16H30Si2. The minimum Gasteiger partial charge on any atom is -0.0947 e. The van der Waals surface area contributed by atoms with E-state index in [0.717, 1.165) is 0 Å². The summed E-state index contributed by atoms with van der Waals surface area (Å²) < 4.78 is 0. The van der Waals surface area contributed by atoms with Gasteiger partial charge in [0.15, 0.2) is 0 Å². The summed E-state index contributed by atoms with van der Waals surface area (Å²) in [5.74, 6) is 0. The highest BCUT2D eigenvalue weighted by atomic mass is 28.3. The molecule has 0 aromatic heterocycles. The molecule has 0 aromatic rings. The summed E-state index contributed by atoms with van der Waals surface area (Å²) in [6.45, 7) is 14.4. The standard InChI is InChI=1S/C16H30Si2/c1-17(2,3)13-11-15-9-7-8-10-16(15)12-14-18(4,5)6/h11-14H,7-10H2,1-6H3/b13-11-,14-12+. The molecule has 0 saturated carbocycles. The van der Waals surface area contributed by atoms with Crippen molar-refractivity contribution in [3.63, 3.8) is 0 Å². The second kappa shape index (κ2) is 6.20. The molecule has 0 amide bonds. The molecule has 0 saturated heterocycles. The van der Waals surface area contributed by atoms with E-state index < -0.39 is 16.1 Å². The summed E-state index contributed by atoms with van der Waals surface area (Å²) >= 11 is 0. The molecule has 0 bridgehead atoms. The molecule has 1 aliphatic carbocycles. The molecule has 0 unspecified atom stereocenters. The zero-order chi connectivity index (χ0) is 13.8. The molecule has 102 valence electrons. The molecule has 0 fully saturated rings. The molecule has 0 aromatic carbocycles. The second-order valence-corrected chi connectivity index (χ2v) is 17.8. The van der Waals surface area contributed by atoms with E-state index in [4.69, 9.17) is 0 Å². The highest BCUT2D eigenvalue weighted by Gasteiger charge is 2.13. The predicted molar refractivity (Wildman–Crippen MR) is 90.5 cm³/mol. The maximum Gasteiger partial charge on any atom is 0.0687 e. The molecule has 1 aliphatic rings. The van der Waals surface area contributed by atoms with E-state index in [9.17, 15) is 0 Å². The number of rotatable bonds is 4. The summed E-state index contributed by atoms with van der Waals surface area (Å²) in [4.78, 5) is 0. The highest BCUT2D eigenvalue weighted by molar-refractivity contribution is 6.81. The van der Waals surface area contributed by atoms with Crippen molar-refractivity contribution >= 4 is 16.1 Å². The van der Waals surface area contributed by atoms with Crippen LogP contribution in [0.1, 0.15) is 25.7 Å². The summed E-state index contributed by atoms with van der Waals surface area (Å²) in [6.07, 6.45) is 10.2. The Labute approximate surface area is 116 Å². The van der Waals surface area contributed by atoms with Gasteiger partial charge in [-0.05, 0) is 36.8 Å². The van der Waals surface area contributed by atoms with Gasteiger partial charge in [-0.1, -0.05) is 62.8 Å². The predicted octanol–water partition coefficient (Wildman–Crippen LogP) is 5.72. The van der Waals surface area contributed by atoms with Gasteiger partial charge >= 0.3 is 0 Å². The zero-order valence-corrected chi connectivity index (χ0v) is 15.1. The van der Waals surface area contributed by atoms with Crippen molar-refractivity contribution < 1.29 is 0 Å². The van der Waals surface area contributed by atoms with Gasteiger partial charge in [0, 0.05) is 0 Å². The topological polar surface area (TPSA) is 0 Å². The molecule has 0 radical (unpaired) electrons. The zero-order valence-electron chi connectivity index (χ0n) is 13.1. The average molecular weight is 279 g/mol. The Morgan fingerprint density at radius 2 is 1.00 bits per heavy atom. The molecule has 1 rings (SSSR count). The second-order valence-electron chi connectivity index (χ2n) is 7.66. The van der Waals surface area contributed by atoms with Gasteiger partial charge in [0.05, 0.1) is 16.1 Å². The number of allylic oxidation sites excluding steroid dienone is 4. The molecule has 0 N–H and O–H groups in total. The molecule has 0 atom stereocenters. The van der Waals surface area contributed by atoms with Gasteiger partial charge in [-0.3, -0.25) is 0 Å². The lowest BCUT2D eigenvalue weighted by Crippen LogP contribution is -2.16. The Kier molecular flexibility index (Phi) is 5.41. The fraction of sp³-hybridized carbons (Fsp3) is 0.625. The normalized spacial score (nSPS) is 19.2. The van der Waals surface area contributed by atoms with Crippen molar-refractivity contribution in [3.8, 4) is 0 Å². The molecular weight excluding hydrogens is 248 g/mol. The lowest BCUT2D eigenvalue weighted by atomic mass is 9.92. The monoisotopic (exact) mass is 278 g/mol. The molecule has 0 nitrogen and oxygen atoms in total. The highest BCUT2D eigenvalue weighted by Crippen LogP contribution is 2.27. The fourth-order valence-electron chi connectivity index (χ4n) is 2.03. The summed E-state index contributed by atoms with van der Waals surface area (Å²) in [5, 5.41) is 0. The maximum atomic E-state index is 2.50. The van der Waals surface area contributed by atoms with Crippen molar-refractivity contribution in [1.82, 2.24) is 0 Å². The first-order valence-electron chi connectivity index (χ1n) is 7.28. The Balaban J connectivity index is 2.90. The smallest absolute Gasteiger partial charge is 0.0687 e. The molecule has 0 heterocycles. The van der Waals surface area contributed by atoms with Gasteiger partial charge in [-0.15, -0.1) is 0 Å². The minimum atomic E-state index is -1.06. The van der Waals surface area contributed by atoms with Crippen LogP contribution in [0, 0.1) is 0 Å². The van der Waals surface area contributed by atoms with E-state index in [-0.39, 0.29) is 0 Å². The van der Waals surface area contributed by atoms with Crippen LogP contribution in [0.25, 0.3) is 0 Å². The van der Waals surface area contributed by atoms with E-state index in [1.165, 1.54) is 25.7 Å². The minimum absolute atomic E-state index is 1.06. The number of hydrogen-bond acceptors (Lipinski definition) is 0. The van der Waals surface area contributed by atoms with Crippen molar-refractivity contribution in [2.75, 3.05) is 0 Å². The summed E-state index contributed by atoms with van der Waals surface area (Å²) in [5.41, 5.74) is 8.21. The van der Waals surface area contributed by atoms with Crippen LogP contribution in [0.5, 0.6) is 0 Å². The lowest BCUT2D eigenvalue weighted by Gasteiger charge is -2.18. The van der Waals surface area contributed by atoms with Crippen LogP contribution >= 0.6 is 0 Å². The largest absolute Gasteiger partial charge is 0.0947 e. The third-order valence-electron chi connectivity index (χ3n) is 3.12. The van der Waals surface area contributed by atoms with Gasteiger partial charge in [0.2, 0.25) is 0 Å². The van der Waals surface area contributed by atoms with Crippen LogP contribution < -0.4 is 0 Å². The van der Waals surface area contributed by atoms with Gasteiger partial charge < -0.3 is 0 Å². The van der Waals surface area contributed by atoms with Gasteiger partial charge in [-0.2, -0.15) is 0 Å². The fourth-order valence-corrected chi connectivity index (χ4v) is 3.44. The van der Waals surface area contributed by atoms with Gasteiger partial charge in [0.25, 0.3) is 0 Å². The summed E-state index contributed by atoms with van der Waals surface area (Å²) in [7, 11) is -2.12. The first-order chi connectivity index (χ1) is 8.17. The first-order valence-corrected chi connectivity index (χ1v) is 14.4. The van der Waals surface area contributed by atoms with E-state index >= 15 is 0 Å². The molecule has 18 heavy (non-hydrogen) atoms. The Hall–Kier alpha value is -0.346. The van der Waals surface area contributed by atoms with E-state index in [0.29, 0.717) is 0 Å². The van der Waals surface area contributed by atoms with Gasteiger partial charge in [0.1, 0.15) is 0 Å². The van der Waals surface area contributed by atoms with Crippen LogP contribution in [0.15, 0.2) is 34.7 Å². The Morgan fingerprint density at radius 1 is 0.667 bits per heavy atom. The Morgan fingerprint density at radius 3 is 1.28 bits per heavy atom. The third-order valence-corrected chi connectivity index (χ3v) is 5.46. The van der Waals surface area contributed by atoms with E-state index in [2.05, 4.69) is 62.8 Å². The van der Waals surface area contributed by atoms with E-state index in [1.807, 2.05) is 0 Å². The maximum absolute atomic E-state index is 2.50. The summed E-state index contributed by atoms with van der Waals surface area (Å²) in [6, 6.07) is 0. The molecule has 2 heteroatoms. The third kappa shape index (κ3) is 6.55. The molecule has 0 spiro atoms. The van der Waals surface area contributed by atoms with Crippen LogP contribution in [-0.4, -0.2) is 16.1 Å². The lowest BCUT2D eigenvalue weighted by molar-refractivity contribution is 0.693. The van der Waals surface area contributed by atoms with Crippen LogP contribution in [0.2, 0.25) is 39.3 Å². The van der Waals surface area contributed by atoms with Crippen molar-refractivity contribution in [3.05, 3.63) is 34.7 Å². The first kappa shape index (κ1) is 15.7. The quantitative estimate of drug-likeness (QED) is 0.577. The van der Waals surface area contributed by atoms with Crippen molar-refractivity contribution in [2.24, 2.45) is 0 Å². The van der Waals surface area contributed by atoms with Crippen molar-refractivity contribution in [1.29, 1.82) is 0 Å². The number of hydrogen-bond donors (Lipinski definition) is 0. The average Bonchev–Trinajstić information content (AvgIpc) is 2.22. The van der Waals surface area contributed by atoms with Crippen molar-refractivity contribution in [2.45, 2.75) is 65.0 Å². The van der Waals surface area contributed by atoms with Crippen LogP contribution in [0.4, 0.5) is 0 Å². The SMILES string of the molecule is C[Si](C)(C)/C=C\C1=C(/C=C/[Si](C)(C)C)CCCC1. The van der Waals surface area contributed by atoms with Crippen LogP contribution in [0.3, 0.4) is 0 Å². The Bertz CT molecular complexity index is 324. The molecule has 0 aliphatic heterocycles.